The molecule has 172 valence electrons. The standard InChI is InChI=1S/C29H30N4O/c30-26-9-12-33(13-10-26)20-23-5-8-25-18-32-19-29(28(25)16-23)24-6-3-21(4-7-24)14-27(34)15-22-2-1-11-31-17-22/h1-8,11,16-19,26H,9-10,12-15,20,30H2. The van der Waals surface area contributed by atoms with Crippen molar-refractivity contribution in [3.8, 4) is 11.1 Å². The van der Waals surface area contributed by atoms with Crippen molar-refractivity contribution in [1.29, 1.82) is 0 Å². The van der Waals surface area contributed by atoms with Crippen LogP contribution in [0.15, 0.2) is 79.4 Å². The molecule has 1 aliphatic rings. The van der Waals surface area contributed by atoms with Gasteiger partial charge in [-0.15, -0.1) is 0 Å². The second-order valence-corrected chi connectivity index (χ2v) is 9.31. The molecule has 1 saturated heterocycles. The van der Waals surface area contributed by atoms with Gasteiger partial charge in [0.15, 0.2) is 0 Å². The molecule has 2 N–H and O–H groups in total. The van der Waals surface area contributed by atoms with E-state index in [0.717, 1.165) is 60.1 Å². The van der Waals surface area contributed by atoms with Crippen molar-refractivity contribution in [3.05, 3.63) is 96.1 Å². The molecule has 0 amide bonds. The van der Waals surface area contributed by atoms with Crippen molar-refractivity contribution in [2.75, 3.05) is 13.1 Å². The van der Waals surface area contributed by atoms with Crippen LogP contribution in [0, 0.1) is 0 Å². The van der Waals surface area contributed by atoms with Gasteiger partial charge in [-0.2, -0.15) is 0 Å². The SMILES string of the molecule is NC1CCN(Cc2ccc3cncc(-c4ccc(CC(=O)Cc5cccnc5)cc4)c3c2)CC1. The summed E-state index contributed by atoms with van der Waals surface area (Å²) in [6, 6.07) is 19.1. The van der Waals surface area contributed by atoms with Gasteiger partial charge < -0.3 is 5.73 Å². The van der Waals surface area contributed by atoms with E-state index in [0.29, 0.717) is 18.9 Å². The molecular formula is C29H30N4O. The molecule has 1 aliphatic heterocycles. The average molecular weight is 451 g/mol. The van der Waals surface area contributed by atoms with E-state index >= 15 is 0 Å². The summed E-state index contributed by atoms with van der Waals surface area (Å²) in [6.07, 6.45) is 10.3. The molecule has 0 radical (unpaired) electrons. The normalized spacial score (nSPS) is 15.0. The number of aromatic nitrogens is 2. The summed E-state index contributed by atoms with van der Waals surface area (Å²) in [7, 11) is 0. The number of carbonyl (C=O) groups is 1. The molecule has 4 aromatic rings. The molecule has 0 bridgehead atoms. The molecule has 0 spiro atoms. The lowest BCUT2D eigenvalue weighted by molar-refractivity contribution is -0.117. The molecule has 2 aromatic carbocycles. The van der Waals surface area contributed by atoms with Gasteiger partial charge in [0.25, 0.3) is 0 Å². The number of nitrogens with zero attached hydrogens (tertiary/aromatic N) is 3. The predicted molar refractivity (Wildman–Crippen MR) is 136 cm³/mol. The van der Waals surface area contributed by atoms with Gasteiger partial charge in [0.05, 0.1) is 0 Å². The number of benzene rings is 2. The summed E-state index contributed by atoms with van der Waals surface area (Å²) in [6.45, 7) is 3.06. The number of pyridine rings is 2. The minimum absolute atomic E-state index is 0.191. The highest BCUT2D eigenvalue weighted by Crippen LogP contribution is 2.29. The summed E-state index contributed by atoms with van der Waals surface area (Å²) < 4.78 is 0. The third kappa shape index (κ3) is 5.38. The van der Waals surface area contributed by atoms with Gasteiger partial charge in [-0.05, 0) is 65.7 Å². The zero-order chi connectivity index (χ0) is 23.3. The van der Waals surface area contributed by atoms with Crippen LogP contribution in [0.1, 0.15) is 29.5 Å². The molecule has 1 fully saturated rings. The maximum Gasteiger partial charge on any atom is 0.141 e. The molecule has 0 saturated carbocycles. The van der Waals surface area contributed by atoms with Crippen molar-refractivity contribution in [2.24, 2.45) is 5.73 Å². The van der Waals surface area contributed by atoms with Crippen LogP contribution in [0.2, 0.25) is 0 Å². The van der Waals surface area contributed by atoms with Gasteiger partial charge in [0, 0.05) is 61.2 Å². The first-order valence-corrected chi connectivity index (χ1v) is 12.0. The molecule has 5 nitrogen and oxygen atoms in total. The second-order valence-electron chi connectivity index (χ2n) is 9.31. The van der Waals surface area contributed by atoms with Gasteiger partial charge in [-0.1, -0.05) is 42.5 Å². The number of Topliss-reactive ketones (excluding diaryl/α,β-unsaturated/α-hetero) is 1. The predicted octanol–water partition coefficient (Wildman–Crippen LogP) is 4.57. The first kappa shape index (κ1) is 22.4. The molecule has 0 atom stereocenters. The van der Waals surface area contributed by atoms with Crippen molar-refractivity contribution in [1.82, 2.24) is 14.9 Å². The van der Waals surface area contributed by atoms with Gasteiger partial charge in [0.2, 0.25) is 0 Å². The Balaban J connectivity index is 1.32. The molecule has 0 unspecified atom stereocenters. The number of ketones is 1. The lowest BCUT2D eigenvalue weighted by atomic mass is 9.96. The second kappa shape index (κ2) is 10.2. The number of fused-ring (bicyclic) bond motifs is 1. The third-order valence-electron chi connectivity index (χ3n) is 6.65. The Kier molecular flexibility index (Phi) is 6.74. The first-order chi connectivity index (χ1) is 16.6. The highest BCUT2D eigenvalue weighted by Gasteiger charge is 2.16. The Labute approximate surface area is 200 Å². The van der Waals surface area contributed by atoms with Crippen molar-refractivity contribution < 1.29 is 4.79 Å². The Morgan fingerprint density at radius 1 is 0.882 bits per heavy atom. The van der Waals surface area contributed by atoms with Crippen LogP contribution < -0.4 is 5.73 Å². The monoisotopic (exact) mass is 450 g/mol. The number of hydrogen-bond donors (Lipinski definition) is 1. The van der Waals surface area contributed by atoms with E-state index in [1.165, 1.54) is 10.9 Å². The zero-order valence-electron chi connectivity index (χ0n) is 19.4. The fraction of sp³-hybridized carbons (Fsp3) is 0.276. The number of likely N-dealkylation sites (tertiary alicyclic amines) is 1. The van der Waals surface area contributed by atoms with Gasteiger partial charge in [0.1, 0.15) is 5.78 Å². The number of piperidine rings is 1. The number of rotatable bonds is 7. The van der Waals surface area contributed by atoms with Gasteiger partial charge in [-0.3, -0.25) is 19.7 Å². The molecule has 5 heteroatoms. The van der Waals surface area contributed by atoms with Crippen molar-refractivity contribution >= 4 is 16.6 Å². The quantitative estimate of drug-likeness (QED) is 0.446. The Morgan fingerprint density at radius 2 is 1.65 bits per heavy atom. The highest BCUT2D eigenvalue weighted by molar-refractivity contribution is 5.96. The van der Waals surface area contributed by atoms with E-state index in [4.69, 9.17) is 5.73 Å². The van der Waals surface area contributed by atoms with Crippen LogP contribution in [0.4, 0.5) is 0 Å². The fourth-order valence-electron chi connectivity index (χ4n) is 4.73. The largest absolute Gasteiger partial charge is 0.328 e. The van der Waals surface area contributed by atoms with E-state index in [9.17, 15) is 4.79 Å². The summed E-state index contributed by atoms with van der Waals surface area (Å²) in [5, 5.41) is 2.35. The van der Waals surface area contributed by atoms with Crippen LogP contribution in [-0.2, 0) is 24.2 Å². The third-order valence-corrected chi connectivity index (χ3v) is 6.65. The van der Waals surface area contributed by atoms with E-state index in [1.807, 2.05) is 24.5 Å². The molecule has 2 aromatic heterocycles. The summed E-state index contributed by atoms with van der Waals surface area (Å²) >= 11 is 0. The Bertz CT molecular complexity index is 1260. The lowest BCUT2D eigenvalue weighted by Crippen LogP contribution is -2.39. The molecule has 5 rings (SSSR count). The number of hydrogen-bond acceptors (Lipinski definition) is 5. The first-order valence-electron chi connectivity index (χ1n) is 12.0. The molecule has 34 heavy (non-hydrogen) atoms. The molecule has 3 heterocycles. The number of carbonyl (C=O) groups excluding carboxylic acids is 1. The molecular weight excluding hydrogens is 420 g/mol. The minimum Gasteiger partial charge on any atom is -0.328 e. The van der Waals surface area contributed by atoms with E-state index in [1.54, 1.807) is 12.4 Å². The lowest BCUT2D eigenvalue weighted by Gasteiger charge is -2.30. The molecule has 0 aliphatic carbocycles. The van der Waals surface area contributed by atoms with Crippen LogP contribution in [0.25, 0.3) is 21.9 Å². The maximum atomic E-state index is 12.5. The van der Waals surface area contributed by atoms with Crippen LogP contribution in [0.3, 0.4) is 0 Å². The van der Waals surface area contributed by atoms with Gasteiger partial charge in [-0.25, -0.2) is 0 Å². The highest BCUT2D eigenvalue weighted by atomic mass is 16.1. The summed E-state index contributed by atoms with van der Waals surface area (Å²) in [4.78, 5) is 23.5. The fourth-order valence-corrected chi connectivity index (χ4v) is 4.73. The van der Waals surface area contributed by atoms with Crippen LogP contribution >= 0.6 is 0 Å². The topological polar surface area (TPSA) is 72.1 Å². The Morgan fingerprint density at radius 3 is 2.41 bits per heavy atom. The van der Waals surface area contributed by atoms with Crippen molar-refractivity contribution in [2.45, 2.75) is 38.3 Å². The van der Waals surface area contributed by atoms with E-state index in [-0.39, 0.29) is 5.78 Å². The van der Waals surface area contributed by atoms with Crippen LogP contribution in [0.5, 0.6) is 0 Å². The summed E-state index contributed by atoms with van der Waals surface area (Å²) in [5.74, 6) is 0.191. The average Bonchev–Trinajstić information content (AvgIpc) is 2.86. The summed E-state index contributed by atoms with van der Waals surface area (Å²) in [5.41, 5.74) is 11.6. The van der Waals surface area contributed by atoms with Crippen LogP contribution in [-0.4, -0.2) is 39.8 Å². The zero-order valence-corrected chi connectivity index (χ0v) is 19.4. The minimum atomic E-state index is 0.191. The van der Waals surface area contributed by atoms with Gasteiger partial charge >= 0.3 is 0 Å². The van der Waals surface area contributed by atoms with Crippen molar-refractivity contribution in [3.63, 3.8) is 0 Å². The number of nitrogens with two attached hydrogens (primary N) is 1. The Hall–Kier alpha value is -3.41. The maximum absolute atomic E-state index is 12.5. The van der Waals surface area contributed by atoms with E-state index in [2.05, 4.69) is 57.3 Å². The smallest absolute Gasteiger partial charge is 0.141 e. The van der Waals surface area contributed by atoms with E-state index < -0.39 is 0 Å².